The van der Waals surface area contributed by atoms with E-state index in [4.69, 9.17) is 0 Å². The van der Waals surface area contributed by atoms with Crippen LogP contribution in [0.15, 0.2) is 64.8 Å². The number of carboxylic acids is 1. The van der Waals surface area contributed by atoms with E-state index in [1.807, 2.05) is 54.6 Å². The van der Waals surface area contributed by atoms with E-state index in [1.165, 1.54) is 0 Å². The van der Waals surface area contributed by atoms with Crippen LogP contribution in [0.1, 0.15) is 12.0 Å². The first-order valence-corrected chi connectivity index (χ1v) is 10.6. The Balaban J connectivity index is 1.51. The third-order valence-electron chi connectivity index (χ3n) is 4.72. The van der Waals surface area contributed by atoms with Crippen LogP contribution in [0.4, 0.5) is 0 Å². The Kier molecular flexibility index (Phi) is 6.31. The van der Waals surface area contributed by atoms with Crippen molar-refractivity contribution in [3.05, 3.63) is 60.2 Å². The number of rotatable bonds is 7. The number of amides is 2. The number of benzene rings is 2. The smallest absolute Gasteiger partial charge is 0.240 e. The number of fused-ring (bicyclic) bond motifs is 1. The molecule has 2 aromatic carbocycles. The van der Waals surface area contributed by atoms with Crippen LogP contribution in [0.5, 0.6) is 0 Å². The van der Waals surface area contributed by atoms with E-state index < -0.39 is 23.7 Å². The Morgan fingerprint density at radius 1 is 1.12 bits per heavy atom. The maximum absolute atomic E-state index is 12.1. The fourth-order valence-corrected chi connectivity index (χ4v) is 4.19. The highest BCUT2D eigenvalue weighted by molar-refractivity contribution is 8.15. The second-order valence-electron chi connectivity index (χ2n) is 6.92. The zero-order valence-electron chi connectivity index (χ0n) is 16.7. The molecule has 1 unspecified atom stereocenters. The number of carboxylic acid groups (broad SMARTS) is 1. The molecule has 9 nitrogen and oxygen atoms in total. The first-order chi connectivity index (χ1) is 15.5. The number of hydrogen-bond acceptors (Lipinski definition) is 7. The lowest BCUT2D eigenvalue weighted by atomic mass is 10.1. The quantitative estimate of drug-likeness (QED) is 0.366. The molecule has 0 spiro atoms. The van der Waals surface area contributed by atoms with Crippen LogP contribution < -0.4 is 15.7 Å². The van der Waals surface area contributed by atoms with Gasteiger partial charge in [-0.05, 0) is 11.6 Å². The van der Waals surface area contributed by atoms with Gasteiger partial charge in [-0.25, -0.2) is 0 Å². The number of carbonyl (C=O) groups excluding carboxylic acids is 3. The van der Waals surface area contributed by atoms with E-state index in [2.05, 4.69) is 25.8 Å². The highest BCUT2D eigenvalue weighted by Crippen LogP contribution is 2.29. The maximum atomic E-state index is 12.1. The molecule has 3 N–H and O–H groups in total. The van der Waals surface area contributed by atoms with Crippen molar-refractivity contribution < 1.29 is 19.5 Å². The van der Waals surface area contributed by atoms with E-state index in [-0.39, 0.29) is 17.5 Å². The number of para-hydroxylation sites is 1. The Morgan fingerprint density at radius 2 is 1.88 bits per heavy atom. The Bertz CT molecular complexity index is 1240. The fourth-order valence-electron chi connectivity index (χ4n) is 3.27. The van der Waals surface area contributed by atoms with Gasteiger partial charge >= 0.3 is 0 Å². The number of amidine groups is 1. The van der Waals surface area contributed by atoms with Gasteiger partial charge in [0.05, 0.1) is 24.4 Å². The Hall–Kier alpha value is -3.92. The van der Waals surface area contributed by atoms with Crippen molar-refractivity contribution in [2.45, 2.75) is 11.7 Å². The summed E-state index contributed by atoms with van der Waals surface area (Å²) in [5.41, 5.74) is 3.74. The number of hydrogen-bond donors (Lipinski definition) is 3. The van der Waals surface area contributed by atoms with Gasteiger partial charge in [-0.2, -0.15) is 5.10 Å². The van der Waals surface area contributed by atoms with E-state index in [1.54, 1.807) is 6.21 Å². The topological polar surface area (TPSA) is 139 Å². The second kappa shape index (κ2) is 9.48. The van der Waals surface area contributed by atoms with Gasteiger partial charge in [0.2, 0.25) is 11.8 Å². The molecule has 10 heteroatoms. The molecule has 0 radical (unpaired) electrons. The lowest BCUT2D eigenvalue weighted by Crippen LogP contribution is -2.39. The molecule has 2 heterocycles. The molecule has 1 aliphatic heterocycles. The Morgan fingerprint density at radius 3 is 2.66 bits per heavy atom. The Labute approximate surface area is 187 Å². The van der Waals surface area contributed by atoms with Crippen LogP contribution in [0, 0.1) is 0 Å². The van der Waals surface area contributed by atoms with E-state index in [0.29, 0.717) is 0 Å². The summed E-state index contributed by atoms with van der Waals surface area (Å²) in [7, 11) is 0. The SMILES string of the molecule is O=C([O-])CNC(=O)CC1S/C(=N\N=C\c2c(-c3ccccc3)[nH]c3ccccc23)NC1=O. The van der Waals surface area contributed by atoms with E-state index in [0.717, 1.165) is 39.5 Å². The van der Waals surface area contributed by atoms with Crippen LogP contribution in [0.25, 0.3) is 22.2 Å². The van der Waals surface area contributed by atoms with Gasteiger partial charge in [-0.15, -0.1) is 5.10 Å². The van der Waals surface area contributed by atoms with E-state index in [9.17, 15) is 19.5 Å². The van der Waals surface area contributed by atoms with Crippen molar-refractivity contribution >= 4 is 51.8 Å². The molecule has 0 aliphatic carbocycles. The molecule has 1 fully saturated rings. The van der Waals surface area contributed by atoms with Gasteiger partial charge in [-0.3, -0.25) is 9.59 Å². The molecule has 2 amide bonds. The van der Waals surface area contributed by atoms with Crippen molar-refractivity contribution in [1.29, 1.82) is 0 Å². The summed E-state index contributed by atoms with van der Waals surface area (Å²) in [5.74, 6) is -2.34. The first kappa shape index (κ1) is 21.3. The van der Waals surface area contributed by atoms with Crippen molar-refractivity contribution in [3.8, 4) is 11.3 Å². The highest BCUT2D eigenvalue weighted by Gasteiger charge is 2.32. The molecule has 4 rings (SSSR count). The van der Waals surface area contributed by atoms with Crippen LogP contribution in [0.3, 0.4) is 0 Å². The lowest BCUT2D eigenvalue weighted by Gasteiger charge is -2.07. The molecule has 1 aromatic heterocycles. The van der Waals surface area contributed by atoms with Gasteiger partial charge in [0.25, 0.3) is 0 Å². The number of aromatic nitrogens is 1. The maximum Gasteiger partial charge on any atom is 0.240 e. The molecule has 32 heavy (non-hydrogen) atoms. The summed E-state index contributed by atoms with van der Waals surface area (Å²) in [4.78, 5) is 37.7. The molecule has 1 aliphatic rings. The molecular weight excluding hydrogens is 430 g/mol. The number of aromatic amines is 1. The number of thioether (sulfide) groups is 1. The molecule has 3 aromatic rings. The standard InChI is InChI=1S/C22H19N5O4S/c28-18(23-12-19(29)30)10-17-21(31)26-22(32-17)27-24-11-15-14-8-4-5-9-16(14)25-20(15)13-6-2-1-3-7-13/h1-9,11,17,25H,10,12H2,(H,23,28)(H,29,30)(H,26,27,31)/p-1/b24-11+. The predicted molar refractivity (Wildman–Crippen MR) is 121 cm³/mol. The fraction of sp³-hybridized carbons (Fsp3) is 0.136. The third-order valence-corrected chi connectivity index (χ3v) is 5.79. The average molecular weight is 448 g/mol. The number of aliphatic carboxylic acids is 1. The molecule has 0 bridgehead atoms. The average Bonchev–Trinajstić information content (AvgIpc) is 3.33. The van der Waals surface area contributed by atoms with Crippen LogP contribution in [-0.2, 0) is 14.4 Å². The van der Waals surface area contributed by atoms with Gasteiger partial charge in [0.1, 0.15) is 5.25 Å². The summed E-state index contributed by atoms with van der Waals surface area (Å²) < 4.78 is 0. The summed E-state index contributed by atoms with van der Waals surface area (Å²) >= 11 is 1.07. The summed E-state index contributed by atoms with van der Waals surface area (Å²) in [6.45, 7) is -0.600. The van der Waals surface area contributed by atoms with Gasteiger partial charge < -0.3 is 25.5 Å². The second-order valence-corrected chi connectivity index (χ2v) is 8.12. The number of nitrogens with zero attached hydrogens (tertiary/aromatic N) is 2. The molecule has 0 saturated carbocycles. The van der Waals surface area contributed by atoms with Crippen LogP contribution in [0.2, 0.25) is 0 Å². The van der Waals surface area contributed by atoms with Crippen molar-refractivity contribution in [2.75, 3.05) is 6.54 Å². The van der Waals surface area contributed by atoms with Gasteiger partial charge in [-0.1, -0.05) is 60.3 Å². The van der Waals surface area contributed by atoms with E-state index >= 15 is 0 Å². The largest absolute Gasteiger partial charge is 0.548 e. The van der Waals surface area contributed by atoms with Crippen molar-refractivity contribution in [3.63, 3.8) is 0 Å². The highest BCUT2D eigenvalue weighted by atomic mass is 32.2. The molecule has 1 saturated heterocycles. The first-order valence-electron chi connectivity index (χ1n) is 9.72. The summed E-state index contributed by atoms with van der Waals surface area (Å²) in [6, 6.07) is 17.7. The van der Waals surface area contributed by atoms with Crippen LogP contribution in [-0.4, -0.2) is 45.9 Å². The zero-order chi connectivity index (χ0) is 22.5. The monoisotopic (exact) mass is 448 g/mol. The predicted octanol–water partition coefficient (Wildman–Crippen LogP) is 1.01. The van der Waals surface area contributed by atoms with Gasteiger partial charge in [0.15, 0.2) is 5.17 Å². The lowest BCUT2D eigenvalue weighted by molar-refractivity contribution is -0.304. The number of carbonyl (C=O) groups is 3. The zero-order valence-corrected chi connectivity index (χ0v) is 17.5. The third kappa shape index (κ3) is 4.86. The minimum absolute atomic E-state index is 0.173. The minimum atomic E-state index is -1.40. The number of H-pyrrole nitrogens is 1. The van der Waals surface area contributed by atoms with Crippen LogP contribution >= 0.6 is 11.8 Å². The summed E-state index contributed by atoms with van der Waals surface area (Å²) in [5, 5.41) is 24.0. The molecular formula is C22H18N5O4S-. The van der Waals surface area contributed by atoms with Crippen molar-refractivity contribution in [1.82, 2.24) is 15.6 Å². The van der Waals surface area contributed by atoms with Crippen molar-refractivity contribution in [2.24, 2.45) is 10.2 Å². The molecule has 162 valence electrons. The minimum Gasteiger partial charge on any atom is -0.548 e. The molecule has 1 atom stereocenters. The van der Waals surface area contributed by atoms with Gasteiger partial charge in [0, 0.05) is 22.9 Å². The summed E-state index contributed by atoms with van der Waals surface area (Å²) in [6.07, 6.45) is 1.45. The normalized spacial score (nSPS) is 17.2. The number of nitrogens with one attached hydrogen (secondary N) is 3.